The Labute approximate surface area is 153 Å². The van der Waals surface area contributed by atoms with Crippen LogP contribution in [0.5, 0.6) is 0 Å². The highest BCUT2D eigenvalue weighted by atomic mass is 19.1. The molecule has 1 saturated carbocycles. The second-order valence-corrected chi connectivity index (χ2v) is 7.87. The molecule has 0 bridgehead atoms. The van der Waals surface area contributed by atoms with Crippen molar-refractivity contribution in [3.8, 4) is 0 Å². The van der Waals surface area contributed by atoms with Gasteiger partial charge in [-0.05, 0) is 44.4 Å². The molecule has 26 heavy (non-hydrogen) atoms. The fourth-order valence-electron chi connectivity index (χ4n) is 3.61. The average molecular weight is 356 g/mol. The van der Waals surface area contributed by atoms with Gasteiger partial charge in [0.2, 0.25) is 5.91 Å². The molecule has 1 aliphatic heterocycles. The lowest BCUT2D eigenvalue weighted by Gasteiger charge is -2.38. The van der Waals surface area contributed by atoms with Crippen LogP contribution in [0.1, 0.15) is 43.9 Å². The SMILES string of the molecule is CC(C)(C(=O)N1CCN(c2cc(C3CC3)[nH]n2)CC1)c1ccc(F)cc1. The lowest BCUT2D eigenvalue weighted by Crippen LogP contribution is -2.53. The van der Waals surface area contributed by atoms with Crippen molar-refractivity contribution in [3.63, 3.8) is 0 Å². The van der Waals surface area contributed by atoms with Gasteiger partial charge in [0.15, 0.2) is 5.82 Å². The number of amides is 1. The van der Waals surface area contributed by atoms with Crippen LogP contribution >= 0.6 is 0 Å². The summed E-state index contributed by atoms with van der Waals surface area (Å²) < 4.78 is 13.2. The first-order valence-electron chi connectivity index (χ1n) is 9.31. The molecule has 2 heterocycles. The van der Waals surface area contributed by atoms with Crippen LogP contribution in [0.4, 0.5) is 10.2 Å². The van der Waals surface area contributed by atoms with E-state index < -0.39 is 5.41 Å². The molecule has 0 atom stereocenters. The molecule has 4 rings (SSSR count). The summed E-state index contributed by atoms with van der Waals surface area (Å²) in [7, 11) is 0. The van der Waals surface area contributed by atoms with E-state index in [4.69, 9.17) is 0 Å². The number of rotatable bonds is 4. The number of carbonyl (C=O) groups excluding carboxylic acids is 1. The third-order valence-electron chi connectivity index (χ3n) is 5.59. The fourth-order valence-corrected chi connectivity index (χ4v) is 3.61. The molecule has 1 amide bonds. The molecule has 1 saturated heterocycles. The summed E-state index contributed by atoms with van der Waals surface area (Å²) in [6.45, 7) is 6.72. The largest absolute Gasteiger partial charge is 0.352 e. The lowest BCUT2D eigenvalue weighted by atomic mass is 9.83. The number of anilines is 1. The van der Waals surface area contributed by atoms with E-state index in [1.165, 1.54) is 30.7 Å². The maximum absolute atomic E-state index is 13.2. The van der Waals surface area contributed by atoms with Gasteiger partial charge in [0.25, 0.3) is 0 Å². The number of hydrogen-bond donors (Lipinski definition) is 1. The van der Waals surface area contributed by atoms with E-state index in [2.05, 4.69) is 21.2 Å². The number of aromatic amines is 1. The molecule has 138 valence electrons. The van der Waals surface area contributed by atoms with Gasteiger partial charge in [-0.1, -0.05) is 12.1 Å². The Kier molecular flexibility index (Phi) is 4.21. The molecule has 1 aromatic carbocycles. The predicted molar refractivity (Wildman–Crippen MR) is 98.8 cm³/mol. The predicted octanol–water partition coefficient (Wildman–Crippen LogP) is 3.05. The number of piperazine rings is 1. The highest BCUT2D eigenvalue weighted by Crippen LogP contribution is 2.40. The van der Waals surface area contributed by atoms with E-state index in [0.29, 0.717) is 19.0 Å². The number of benzene rings is 1. The van der Waals surface area contributed by atoms with Gasteiger partial charge in [-0.25, -0.2) is 4.39 Å². The summed E-state index contributed by atoms with van der Waals surface area (Å²) in [5.41, 5.74) is 1.41. The van der Waals surface area contributed by atoms with Crippen LogP contribution in [0.3, 0.4) is 0 Å². The zero-order valence-corrected chi connectivity index (χ0v) is 15.3. The second kappa shape index (κ2) is 6.41. The third-order valence-corrected chi connectivity index (χ3v) is 5.59. The Morgan fingerprint density at radius 3 is 2.42 bits per heavy atom. The minimum absolute atomic E-state index is 0.0875. The van der Waals surface area contributed by atoms with Crippen molar-refractivity contribution in [2.45, 2.75) is 38.0 Å². The van der Waals surface area contributed by atoms with Crippen molar-refractivity contribution in [2.75, 3.05) is 31.1 Å². The van der Waals surface area contributed by atoms with Crippen molar-refractivity contribution in [2.24, 2.45) is 0 Å². The maximum Gasteiger partial charge on any atom is 0.232 e. The van der Waals surface area contributed by atoms with Crippen LogP contribution in [0.15, 0.2) is 30.3 Å². The van der Waals surface area contributed by atoms with Crippen molar-refractivity contribution in [1.29, 1.82) is 0 Å². The quantitative estimate of drug-likeness (QED) is 0.916. The Balaban J connectivity index is 1.40. The van der Waals surface area contributed by atoms with Gasteiger partial charge >= 0.3 is 0 Å². The van der Waals surface area contributed by atoms with Gasteiger partial charge in [0, 0.05) is 43.9 Å². The highest BCUT2D eigenvalue weighted by molar-refractivity contribution is 5.87. The number of nitrogens with zero attached hydrogens (tertiary/aromatic N) is 3. The van der Waals surface area contributed by atoms with E-state index >= 15 is 0 Å². The van der Waals surface area contributed by atoms with Gasteiger partial charge in [-0.15, -0.1) is 0 Å². The molecular weight excluding hydrogens is 331 g/mol. The number of carbonyl (C=O) groups is 1. The molecule has 5 nitrogen and oxygen atoms in total. The molecule has 1 N–H and O–H groups in total. The van der Waals surface area contributed by atoms with Crippen LogP contribution in [-0.2, 0) is 10.2 Å². The third kappa shape index (κ3) is 3.20. The van der Waals surface area contributed by atoms with Crippen LogP contribution < -0.4 is 4.90 Å². The summed E-state index contributed by atoms with van der Waals surface area (Å²) in [6, 6.07) is 8.38. The van der Waals surface area contributed by atoms with Gasteiger partial charge < -0.3 is 9.80 Å². The molecule has 1 aliphatic carbocycles. The van der Waals surface area contributed by atoms with Gasteiger partial charge in [0.05, 0.1) is 5.41 Å². The standard InChI is InChI=1S/C20H25FN4O/c1-20(2,15-5-7-16(21)8-6-15)19(26)25-11-9-24(10-12-25)18-13-17(22-23-18)14-3-4-14/h5-8,13-14H,3-4,9-12H2,1-2H3,(H,22,23). The molecule has 2 aliphatic rings. The second-order valence-electron chi connectivity index (χ2n) is 7.87. The fraction of sp³-hybridized carbons (Fsp3) is 0.500. The molecule has 0 spiro atoms. The van der Waals surface area contributed by atoms with Crippen LogP contribution in [-0.4, -0.2) is 47.2 Å². The van der Waals surface area contributed by atoms with Crippen molar-refractivity contribution in [3.05, 3.63) is 47.4 Å². The first-order valence-corrected chi connectivity index (χ1v) is 9.31. The van der Waals surface area contributed by atoms with E-state index in [0.717, 1.165) is 24.5 Å². The average Bonchev–Trinajstić information content (AvgIpc) is 3.38. The zero-order chi connectivity index (χ0) is 18.3. The normalized spacial score (nSPS) is 18.3. The number of H-pyrrole nitrogens is 1. The van der Waals surface area contributed by atoms with Crippen LogP contribution in [0.2, 0.25) is 0 Å². The summed E-state index contributed by atoms with van der Waals surface area (Å²) in [5.74, 6) is 1.45. The minimum atomic E-state index is -0.665. The monoisotopic (exact) mass is 356 g/mol. The molecule has 0 unspecified atom stereocenters. The Morgan fingerprint density at radius 2 is 1.81 bits per heavy atom. The minimum Gasteiger partial charge on any atom is -0.352 e. The molecule has 2 aromatic rings. The summed E-state index contributed by atoms with van der Waals surface area (Å²) in [6.07, 6.45) is 2.50. The van der Waals surface area contributed by atoms with Crippen molar-refractivity contribution >= 4 is 11.7 Å². The topological polar surface area (TPSA) is 52.2 Å². The molecular formula is C20H25FN4O. The summed E-state index contributed by atoms with van der Waals surface area (Å²) in [5, 5.41) is 7.58. The van der Waals surface area contributed by atoms with E-state index in [1.807, 2.05) is 18.7 Å². The Morgan fingerprint density at radius 1 is 1.15 bits per heavy atom. The summed E-state index contributed by atoms with van der Waals surface area (Å²) >= 11 is 0. The zero-order valence-electron chi connectivity index (χ0n) is 15.3. The molecule has 2 fully saturated rings. The van der Waals surface area contributed by atoms with Crippen LogP contribution in [0.25, 0.3) is 0 Å². The first kappa shape index (κ1) is 17.1. The van der Waals surface area contributed by atoms with E-state index in [-0.39, 0.29) is 11.7 Å². The molecule has 0 radical (unpaired) electrons. The number of hydrogen-bond acceptors (Lipinski definition) is 3. The van der Waals surface area contributed by atoms with Crippen LogP contribution in [0, 0.1) is 5.82 Å². The van der Waals surface area contributed by atoms with Gasteiger partial charge in [-0.3, -0.25) is 9.89 Å². The van der Waals surface area contributed by atoms with E-state index in [9.17, 15) is 9.18 Å². The lowest BCUT2D eigenvalue weighted by molar-refractivity contribution is -0.136. The first-order chi connectivity index (χ1) is 12.4. The number of aromatic nitrogens is 2. The number of nitrogens with one attached hydrogen (secondary N) is 1. The van der Waals surface area contributed by atoms with Gasteiger partial charge in [-0.2, -0.15) is 5.10 Å². The smallest absolute Gasteiger partial charge is 0.232 e. The number of halogens is 1. The van der Waals surface area contributed by atoms with Crippen molar-refractivity contribution in [1.82, 2.24) is 15.1 Å². The Hall–Kier alpha value is -2.37. The van der Waals surface area contributed by atoms with E-state index in [1.54, 1.807) is 12.1 Å². The Bertz CT molecular complexity index is 786. The molecule has 1 aromatic heterocycles. The highest BCUT2D eigenvalue weighted by Gasteiger charge is 2.35. The maximum atomic E-state index is 13.2. The van der Waals surface area contributed by atoms with Crippen molar-refractivity contribution < 1.29 is 9.18 Å². The molecule has 6 heteroatoms. The van der Waals surface area contributed by atoms with Gasteiger partial charge in [0.1, 0.15) is 5.82 Å². The summed E-state index contributed by atoms with van der Waals surface area (Å²) in [4.78, 5) is 17.2.